The molecule has 2 amide bonds. The van der Waals surface area contributed by atoms with Crippen LogP contribution in [-0.4, -0.2) is 44.8 Å². The number of hydrogen-bond acceptors (Lipinski definition) is 4. The molecule has 0 spiro atoms. The zero-order chi connectivity index (χ0) is 23.3. The lowest BCUT2D eigenvalue weighted by molar-refractivity contribution is -0.126. The second-order valence-electron chi connectivity index (χ2n) is 8.68. The summed E-state index contributed by atoms with van der Waals surface area (Å²) in [6.07, 6.45) is 1.51. The van der Waals surface area contributed by atoms with E-state index >= 15 is 0 Å². The van der Waals surface area contributed by atoms with Crippen LogP contribution in [0.5, 0.6) is 0 Å². The molecule has 1 unspecified atom stereocenters. The Hall–Kier alpha value is -2.87. The zero-order valence-corrected chi connectivity index (χ0v) is 19.6. The molecule has 1 atom stereocenters. The molecule has 1 aliphatic rings. The molecule has 1 aliphatic heterocycles. The molecular weight excluding hydrogens is 426 g/mol. The molecule has 0 aromatic heterocycles. The van der Waals surface area contributed by atoms with Crippen molar-refractivity contribution in [3.63, 3.8) is 0 Å². The Balaban J connectivity index is 1.71. The highest BCUT2D eigenvalue weighted by Gasteiger charge is 2.29. The fourth-order valence-electron chi connectivity index (χ4n) is 3.79. The second kappa shape index (κ2) is 10.2. The number of hydrogen-bond donors (Lipinski definition) is 2. The maximum atomic E-state index is 13.1. The van der Waals surface area contributed by atoms with Crippen LogP contribution in [0, 0.1) is 18.8 Å². The normalized spacial score (nSPS) is 16.6. The largest absolute Gasteiger partial charge is 0.356 e. The SMILES string of the molecule is Cc1ccccc1S(=O)(=O)Nc1cccc(C(=O)N2CCCC(C(=O)NCC(C)C)C2)c1. The van der Waals surface area contributed by atoms with Crippen LogP contribution in [0.3, 0.4) is 0 Å². The molecule has 2 N–H and O–H groups in total. The molecule has 3 rings (SSSR count). The van der Waals surface area contributed by atoms with Crippen molar-refractivity contribution in [1.29, 1.82) is 0 Å². The number of aryl methyl sites for hydroxylation is 1. The number of amides is 2. The summed E-state index contributed by atoms with van der Waals surface area (Å²) in [7, 11) is -3.77. The number of benzene rings is 2. The van der Waals surface area contributed by atoms with E-state index < -0.39 is 10.0 Å². The van der Waals surface area contributed by atoms with Crippen molar-refractivity contribution in [1.82, 2.24) is 10.2 Å². The Labute approximate surface area is 190 Å². The number of carbonyl (C=O) groups is 2. The van der Waals surface area contributed by atoms with Gasteiger partial charge in [-0.15, -0.1) is 0 Å². The summed E-state index contributed by atoms with van der Waals surface area (Å²) in [5.74, 6) is -0.0834. The molecule has 8 heteroatoms. The lowest BCUT2D eigenvalue weighted by Crippen LogP contribution is -2.46. The van der Waals surface area contributed by atoms with Crippen molar-refractivity contribution >= 4 is 27.5 Å². The van der Waals surface area contributed by atoms with Crippen LogP contribution in [0.2, 0.25) is 0 Å². The van der Waals surface area contributed by atoms with Crippen molar-refractivity contribution < 1.29 is 18.0 Å². The quantitative estimate of drug-likeness (QED) is 0.666. The molecule has 32 heavy (non-hydrogen) atoms. The maximum Gasteiger partial charge on any atom is 0.262 e. The average molecular weight is 458 g/mol. The standard InChI is InChI=1S/C24H31N3O4S/c1-17(2)15-25-23(28)20-10-7-13-27(16-20)24(29)19-9-6-11-21(14-19)26-32(30,31)22-12-5-4-8-18(22)3/h4-6,8-9,11-12,14,17,20,26H,7,10,13,15-16H2,1-3H3,(H,25,28). The first-order chi connectivity index (χ1) is 15.2. The predicted octanol–water partition coefficient (Wildman–Crippen LogP) is 3.42. The molecule has 1 heterocycles. The van der Waals surface area contributed by atoms with Gasteiger partial charge in [-0.25, -0.2) is 8.42 Å². The van der Waals surface area contributed by atoms with Gasteiger partial charge in [-0.3, -0.25) is 14.3 Å². The first-order valence-electron chi connectivity index (χ1n) is 10.9. The topological polar surface area (TPSA) is 95.6 Å². The highest BCUT2D eigenvalue weighted by atomic mass is 32.2. The molecular formula is C24H31N3O4S. The van der Waals surface area contributed by atoms with Crippen LogP contribution in [-0.2, 0) is 14.8 Å². The number of likely N-dealkylation sites (tertiary alicyclic amines) is 1. The van der Waals surface area contributed by atoms with Gasteiger partial charge in [0.05, 0.1) is 10.8 Å². The predicted molar refractivity (Wildman–Crippen MR) is 125 cm³/mol. The summed E-state index contributed by atoms with van der Waals surface area (Å²) in [6, 6.07) is 13.2. The molecule has 1 fully saturated rings. The van der Waals surface area contributed by atoms with Crippen molar-refractivity contribution in [3.8, 4) is 0 Å². The van der Waals surface area contributed by atoms with E-state index in [-0.39, 0.29) is 22.6 Å². The van der Waals surface area contributed by atoms with Crippen LogP contribution in [0.4, 0.5) is 5.69 Å². The minimum atomic E-state index is -3.77. The number of sulfonamides is 1. The van der Waals surface area contributed by atoms with E-state index in [0.29, 0.717) is 42.4 Å². The van der Waals surface area contributed by atoms with Gasteiger partial charge in [0.1, 0.15) is 0 Å². The summed E-state index contributed by atoms with van der Waals surface area (Å²) < 4.78 is 28.1. The Morgan fingerprint density at radius 1 is 1.12 bits per heavy atom. The molecule has 0 aliphatic carbocycles. The van der Waals surface area contributed by atoms with Crippen molar-refractivity contribution in [2.45, 2.75) is 38.5 Å². The minimum absolute atomic E-state index is 0.0176. The smallest absolute Gasteiger partial charge is 0.262 e. The van der Waals surface area contributed by atoms with Crippen molar-refractivity contribution in [2.24, 2.45) is 11.8 Å². The summed E-state index contributed by atoms with van der Waals surface area (Å²) in [4.78, 5) is 27.4. The van der Waals surface area contributed by atoms with Gasteiger partial charge in [-0.1, -0.05) is 38.1 Å². The van der Waals surface area contributed by atoms with Crippen molar-refractivity contribution in [2.75, 3.05) is 24.4 Å². The summed E-state index contributed by atoms with van der Waals surface area (Å²) >= 11 is 0. The molecule has 7 nitrogen and oxygen atoms in total. The van der Waals surface area contributed by atoms with E-state index in [9.17, 15) is 18.0 Å². The van der Waals surface area contributed by atoms with E-state index in [2.05, 4.69) is 10.0 Å². The van der Waals surface area contributed by atoms with Gasteiger partial charge in [0, 0.05) is 30.9 Å². The highest BCUT2D eigenvalue weighted by Crippen LogP contribution is 2.23. The number of piperidine rings is 1. The zero-order valence-electron chi connectivity index (χ0n) is 18.8. The number of carbonyl (C=O) groups excluding carboxylic acids is 2. The van der Waals surface area contributed by atoms with Crippen molar-refractivity contribution in [3.05, 3.63) is 59.7 Å². The highest BCUT2D eigenvalue weighted by molar-refractivity contribution is 7.92. The molecule has 2 aromatic rings. The number of rotatable bonds is 7. The Bertz CT molecular complexity index is 1080. The van der Waals surface area contributed by atoms with Crippen LogP contribution in [0.15, 0.2) is 53.4 Å². The fourth-order valence-corrected chi connectivity index (χ4v) is 5.09. The molecule has 172 valence electrons. The Kier molecular flexibility index (Phi) is 7.56. The monoisotopic (exact) mass is 457 g/mol. The van der Waals surface area contributed by atoms with Gasteiger partial charge in [0.15, 0.2) is 0 Å². The van der Waals surface area contributed by atoms with Crippen LogP contribution >= 0.6 is 0 Å². The summed E-state index contributed by atoms with van der Waals surface area (Å²) in [5, 5.41) is 2.95. The van der Waals surface area contributed by atoms with Crippen LogP contribution in [0.25, 0.3) is 0 Å². The first kappa shape index (κ1) is 23.8. The molecule has 0 saturated carbocycles. The van der Waals surface area contributed by atoms with Gasteiger partial charge < -0.3 is 10.2 Å². The number of anilines is 1. The molecule has 0 radical (unpaired) electrons. The van der Waals surface area contributed by atoms with E-state index in [1.165, 1.54) is 0 Å². The van der Waals surface area contributed by atoms with Crippen LogP contribution < -0.4 is 10.0 Å². The Morgan fingerprint density at radius 3 is 2.59 bits per heavy atom. The van der Waals surface area contributed by atoms with Gasteiger partial charge in [0.2, 0.25) is 5.91 Å². The summed E-state index contributed by atoms with van der Waals surface area (Å²) in [5.41, 5.74) is 1.35. The van der Waals surface area contributed by atoms with Crippen LogP contribution in [0.1, 0.15) is 42.6 Å². The van der Waals surface area contributed by atoms with E-state index in [4.69, 9.17) is 0 Å². The van der Waals surface area contributed by atoms with Gasteiger partial charge in [-0.2, -0.15) is 0 Å². The fraction of sp³-hybridized carbons (Fsp3) is 0.417. The third-order valence-electron chi connectivity index (χ3n) is 5.51. The van der Waals surface area contributed by atoms with E-state index in [1.54, 1.807) is 60.4 Å². The third-order valence-corrected chi connectivity index (χ3v) is 7.05. The van der Waals surface area contributed by atoms with Gasteiger partial charge in [0.25, 0.3) is 15.9 Å². The third kappa shape index (κ3) is 5.88. The average Bonchev–Trinajstić information content (AvgIpc) is 2.77. The molecule has 0 bridgehead atoms. The first-order valence-corrected chi connectivity index (χ1v) is 12.4. The second-order valence-corrected chi connectivity index (χ2v) is 10.3. The van der Waals surface area contributed by atoms with Gasteiger partial charge in [-0.05, 0) is 55.5 Å². The lowest BCUT2D eigenvalue weighted by atomic mass is 9.96. The van der Waals surface area contributed by atoms with Gasteiger partial charge >= 0.3 is 0 Å². The molecule has 1 saturated heterocycles. The maximum absolute atomic E-state index is 13.1. The lowest BCUT2D eigenvalue weighted by Gasteiger charge is -2.32. The minimum Gasteiger partial charge on any atom is -0.356 e. The molecule has 2 aromatic carbocycles. The summed E-state index contributed by atoms with van der Waals surface area (Å²) in [6.45, 7) is 7.37. The van der Waals surface area contributed by atoms with E-state index in [1.807, 2.05) is 13.8 Å². The Morgan fingerprint density at radius 2 is 1.88 bits per heavy atom. The van der Waals surface area contributed by atoms with E-state index in [0.717, 1.165) is 12.8 Å². The number of nitrogens with zero attached hydrogens (tertiary/aromatic N) is 1. The number of nitrogens with one attached hydrogen (secondary N) is 2.